The van der Waals surface area contributed by atoms with Crippen molar-refractivity contribution in [3.05, 3.63) is 88.0 Å². The number of rotatable bonds is 4. The highest BCUT2D eigenvalue weighted by atomic mass is 35.5. The van der Waals surface area contributed by atoms with Crippen LogP contribution in [0.1, 0.15) is 15.9 Å². The van der Waals surface area contributed by atoms with Gasteiger partial charge in [0.05, 0.1) is 21.3 Å². The summed E-state index contributed by atoms with van der Waals surface area (Å²) in [7, 11) is 0. The molecule has 0 saturated heterocycles. The molecule has 0 radical (unpaired) electrons. The maximum atomic E-state index is 13.9. The van der Waals surface area contributed by atoms with Crippen LogP contribution in [-0.2, 0) is 6.54 Å². The molecular weight excluding hydrogens is 416 g/mol. The first kappa shape index (κ1) is 19.2. The summed E-state index contributed by atoms with van der Waals surface area (Å²) in [5.74, 6) is -0.756. The number of aromatic nitrogens is 2. The van der Waals surface area contributed by atoms with Crippen LogP contribution in [0.25, 0.3) is 10.9 Å². The van der Waals surface area contributed by atoms with Crippen LogP contribution in [0, 0.1) is 5.82 Å². The lowest BCUT2D eigenvalue weighted by Crippen LogP contribution is -2.12. The molecule has 2 heterocycles. The minimum Gasteiger partial charge on any atom is -0.508 e. The lowest BCUT2D eigenvalue weighted by molar-refractivity contribution is 0.102. The zero-order chi connectivity index (χ0) is 20.5. The molecule has 8 heteroatoms. The number of anilines is 1. The second kappa shape index (κ2) is 7.73. The third-order valence-corrected chi connectivity index (χ3v) is 5.04. The predicted octanol–water partition coefficient (Wildman–Crippen LogP) is 5.49. The second-order valence-electron chi connectivity index (χ2n) is 6.43. The molecule has 0 atom stereocenters. The third kappa shape index (κ3) is 3.90. The molecule has 0 aliphatic rings. The van der Waals surface area contributed by atoms with Crippen molar-refractivity contribution < 1.29 is 14.3 Å². The average molecular weight is 430 g/mol. The van der Waals surface area contributed by atoms with Crippen LogP contribution in [0.5, 0.6) is 5.75 Å². The first-order valence-corrected chi connectivity index (χ1v) is 9.34. The molecule has 0 fully saturated rings. The normalized spacial score (nSPS) is 11.0. The summed E-state index contributed by atoms with van der Waals surface area (Å²) in [5, 5.41) is 13.0. The summed E-state index contributed by atoms with van der Waals surface area (Å²) in [6.45, 7) is 0.437. The molecule has 4 rings (SSSR count). The largest absolute Gasteiger partial charge is 0.508 e. The molecule has 146 valence electrons. The van der Waals surface area contributed by atoms with E-state index in [0.29, 0.717) is 17.4 Å². The Kier molecular flexibility index (Phi) is 5.13. The van der Waals surface area contributed by atoms with Crippen molar-refractivity contribution in [2.24, 2.45) is 0 Å². The Labute approximate surface area is 175 Å². The molecule has 0 unspecified atom stereocenters. The Morgan fingerprint density at radius 3 is 2.48 bits per heavy atom. The third-order valence-electron chi connectivity index (χ3n) is 4.47. The number of carbonyl (C=O) groups is 1. The van der Waals surface area contributed by atoms with E-state index in [1.165, 1.54) is 24.5 Å². The minimum atomic E-state index is -0.472. The molecule has 2 aromatic carbocycles. The average Bonchev–Trinajstić information content (AvgIpc) is 3.04. The molecule has 5 nitrogen and oxygen atoms in total. The number of amides is 1. The van der Waals surface area contributed by atoms with Gasteiger partial charge in [0.25, 0.3) is 5.91 Å². The van der Waals surface area contributed by atoms with Crippen molar-refractivity contribution in [3.8, 4) is 5.75 Å². The Morgan fingerprint density at radius 1 is 1.10 bits per heavy atom. The van der Waals surface area contributed by atoms with E-state index >= 15 is 0 Å². The van der Waals surface area contributed by atoms with Gasteiger partial charge in [-0.3, -0.25) is 9.78 Å². The van der Waals surface area contributed by atoms with E-state index in [4.69, 9.17) is 23.2 Å². The Morgan fingerprint density at radius 2 is 1.79 bits per heavy atom. The topological polar surface area (TPSA) is 67.2 Å². The smallest absolute Gasteiger partial charge is 0.257 e. The molecule has 4 aromatic rings. The van der Waals surface area contributed by atoms with Gasteiger partial charge in [0.2, 0.25) is 0 Å². The number of fused-ring (bicyclic) bond motifs is 1. The zero-order valence-corrected chi connectivity index (χ0v) is 16.4. The van der Waals surface area contributed by atoms with Gasteiger partial charge in [0.15, 0.2) is 0 Å². The fraction of sp³-hybridized carbons (Fsp3) is 0.0476. The van der Waals surface area contributed by atoms with Crippen molar-refractivity contribution in [2.45, 2.75) is 6.54 Å². The van der Waals surface area contributed by atoms with Gasteiger partial charge in [0.1, 0.15) is 11.6 Å². The summed E-state index contributed by atoms with van der Waals surface area (Å²) >= 11 is 12.2. The van der Waals surface area contributed by atoms with E-state index in [-0.39, 0.29) is 27.0 Å². The number of hydrogen-bond acceptors (Lipinski definition) is 3. The van der Waals surface area contributed by atoms with Gasteiger partial charge in [-0.25, -0.2) is 4.39 Å². The van der Waals surface area contributed by atoms with Crippen molar-refractivity contribution in [2.75, 3.05) is 5.32 Å². The SMILES string of the molecule is O=C(Nc1c(Cl)cncc1Cl)c1cn(Cc2ccc(O)cc2)c2ccc(F)cc12. The molecule has 0 aliphatic heterocycles. The Balaban J connectivity index is 1.75. The van der Waals surface area contributed by atoms with Gasteiger partial charge in [-0.15, -0.1) is 0 Å². The van der Waals surface area contributed by atoms with E-state index in [2.05, 4.69) is 10.3 Å². The predicted molar refractivity (Wildman–Crippen MR) is 111 cm³/mol. The lowest BCUT2D eigenvalue weighted by atomic mass is 10.1. The van der Waals surface area contributed by atoms with Crippen LogP contribution in [0.15, 0.2) is 61.1 Å². The molecular formula is C21H14Cl2FN3O2. The van der Waals surface area contributed by atoms with E-state index in [1.807, 2.05) is 4.57 Å². The van der Waals surface area contributed by atoms with Crippen LogP contribution in [0.3, 0.4) is 0 Å². The number of phenolic OH excluding ortho intramolecular Hbond substituents is 1. The highest BCUT2D eigenvalue weighted by molar-refractivity contribution is 6.39. The maximum Gasteiger partial charge on any atom is 0.257 e. The van der Waals surface area contributed by atoms with Crippen molar-refractivity contribution in [1.82, 2.24) is 9.55 Å². The fourth-order valence-corrected chi connectivity index (χ4v) is 3.55. The monoisotopic (exact) mass is 429 g/mol. The fourth-order valence-electron chi connectivity index (χ4n) is 3.09. The van der Waals surface area contributed by atoms with Crippen LogP contribution in [0.2, 0.25) is 10.0 Å². The van der Waals surface area contributed by atoms with Gasteiger partial charge in [-0.1, -0.05) is 35.3 Å². The Hall–Kier alpha value is -3.09. The van der Waals surface area contributed by atoms with Gasteiger partial charge in [0, 0.05) is 36.0 Å². The van der Waals surface area contributed by atoms with E-state index < -0.39 is 11.7 Å². The molecule has 0 saturated carbocycles. The van der Waals surface area contributed by atoms with E-state index in [9.17, 15) is 14.3 Å². The minimum absolute atomic E-state index is 0.166. The first-order chi connectivity index (χ1) is 13.9. The number of nitrogens with zero attached hydrogens (tertiary/aromatic N) is 2. The number of carbonyl (C=O) groups excluding carboxylic acids is 1. The summed E-state index contributed by atoms with van der Waals surface area (Å²) in [5.41, 5.74) is 2.12. The highest BCUT2D eigenvalue weighted by Gasteiger charge is 2.18. The number of aromatic hydroxyl groups is 1. The first-order valence-electron chi connectivity index (χ1n) is 8.59. The number of hydrogen-bond donors (Lipinski definition) is 2. The summed E-state index contributed by atoms with van der Waals surface area (Å²) in [6, 6.07) is 11.0. The lowest BCUT2D eigenvalue weighted by Gasteiger charge is -2.08. The van der Waals surface area contributed by atoms with E-state index in [0.717, 1.165) is 5.56 Å². The molecule has 2 N–H and O–H groups in total. The quantitative estimate of drug-likeness (QED) is 0.450. The van der Waals surface area contributed by atoms with E-state index in [1.54, 1.807) is 36.5 Å². The molecule has 1 amide bonds. The number of pyridine rings is 1. The number of nitrogens with one attached hydrogen (secondary N) is 1. The summed E-state index contributed by atoms with van der Waals surface area (Å²) in [4.78, 5) is 16.8. The number of phenols is 1. The van der Waals surface area contributed by atoms with Crippen LogP contribution < -0.4 is 5.32 Å². The van der Waals surface area contributed by atoms with Gasteiger partial charge < -0.3 is 15.0 Å². The Bertz CT molecular complexity index is 1200. The summed E-state index contributed by atoms with van der Waals surface area (Å²) in [6.07, 6.45) is 4.39. The van der Waals surface area contributed by atoms with Gasteiger partial charge in [-0.2, -0.15) is 0 Å². The second-order valence-corrected chi connectivity index (χ2v) is 7.25. The highest BCUT2D eigenvalue weighted by Crippen LogP contribution is 2.30. The molecule has 0 spiro atoms. The molecule has 0 aliphatic carbocycles. The summed E-state index contributed by atoms with van der Waals surface area (Å²) < 4.78 is 15.7. The molecule has 29 heavy (non-hydrogen) atoms. The zero-order valence-electron chi connectivity index (χ0n) is 14.9. The number of halogens is 3. The maximum absolute atomic E-state index is 13.9. The van der Waals surface area contributed by atoms with Crippen LogP contribution >= 0.6 is 23.2 Å². The molecule has 2 aromatic heterocycles. The van der Waals surface area contributed by atoms with Gasteiger partial charge >= 0.3 is 0 Å². The van der Waals surface area contributed by atoms with Crippen molar-refractivity contribution in [3.63, 3.8) is 0 Å². The van der Waals surface area contributed by atoms with Crippen molar-refractivity contribution >= 4 is 45.7 Å². The van der Waals surface area contributed by atoms with Crippen LogP contribution in [0.4, 0.5) is 10.1 Å². The molecule has 0 bridgehead atoms. The van der Waals surface area contributed by atoms with Gasteiger partial charge in [-0.05, 0) is 35.9 Å². The standard InChI is InChI=1S/C21H14Cl2FN3O2/c22-17-8-25-9-18(23)20(17)26-21(29)16-11-27(10-12-1-4-14(28)5-2-12)19-6-3-13(24)7-15(16)19/h1-9,11,28H,10H2,(H,25,26,29). The number of benzene rings is 2. The van der Waals surface area contributed by atoms with Crippen molar-refractivity contribution in [1.29, 1.82) is 0 Å². The van der Waals surface area contributed by atoms with Crippen LogP contribution in [-0.4, -0.2) is 20.6 Å².